The first-order valence-corrected chi connectivity index (χ1v) is 5.85. The molecule has 2 nitrogen and oxygen atoms in total. The van der Waals surface area contributed by atoms with Gasteiger partial charge in [0.15, 0.2) is 0 Å². The highest BCUT2D eigenvalue weighted by Gasteiger charge is 2.21. The van der Waals surface area contributed by atoms with Gasteiger partial charge in [0.1, 0.15) is 0 Å². The largest absolute Gasteiger partial charge is 0.306 e. The molecule has 3 rings (SSSR count). The average Bonchev–Trinajstić information content (AvgIpc) is 2.63. The van der Waals surface area contributed by atoms with Crippen LogP contribution in [0.5, 0.6) is 0 Å². The smallest absolute Gasteiger partial charge is 0.0720 e. The van der Waals surface area contributed by atoms with E-state index in [2.05, 4.69) is 23.3 Å². The molecule has 1 atom stereocenters. The number of aryl methyl sites for hydroxylation is 1. The van der Waals surface area contributed by atoms with Gasteiger partial charge in [0.2, 0.25) is 0 Å². The number of rotatable bonds is 0. The van der Waals surface area contributed by atoms with E-state index in [0.717, 1.165) is 22.6 Å². The van der Waals surface area contributed by atoms with E-state index >= 15 is 0 Å². The quantitative estimate of drug-likeness (QED) is 0.754. The van der Waals surface area contributed by atoms with E-state index in [1.54, 1.807) is 0 Å². The van der Waals surface area contributed by atoms with Crippen molar-refractivity contribution in [3.05, 3.63) is 40.0 Å². The third-order valence-electron chi connectivity index (χ3n) is 3.30. The molecule has 0 radical (unpaired) electrons. The molecule has 2 aromatic rings. The first-order valence-electron chi connectivity index (χ1n) is 5.48. The third-order valence-corrected chi connectivity index (χ3v) is 3.71. The van der Waals surface area contributed by atoms with Crippen LogP contribution < -0.4 is 5.32 Å². The van der Waals surface area contributed by atoms with Crippen molar-refractivity contribution < 1.29 is 0 Å². The summed E-state index contributed by atoms with van der Waals surface area (Å²) in [6, 6.07) is 4.51. The van der Waals surface area contributed by atoms with Crippen molar-refractivity contribution in [3.8, 4) is 0 Å². The zero-order valence-corrected chi connectivity index (χ0v) is 10.1. The van der Waals surface area contributed by atoms with Crippen molar-refractivity contribution in [2.24, 2.45) is 0 Å². The van der Waals surface area contributed by atoms with E-state index in [0.29, 0.717) is 6.04 Å². The minimum Gasteiger partial charge on any atom is -0.306 e. The molecule has 1 N–H and O–H groups in total. The highest BCUT2D eigenvalue weighted by molar-refractivity contribution is 6.32. The van der Waals surface area contributed by atoms with Crippen LogP contribution in [0.2, 0.25) is 5.02 Å². The van der Waals surface area contributed by atoms with Crippen molar-refractivity contribution >= 4 is 22.5 Å². The van der Waals surface area contributed by atoms with Crippen LogP contribution in [0, 0.1) is 6.92 Å². The molecule has 0 saturated carbocycles. The molecule has 0 unspecified atom stereocenters. The van der Waals surface area contributed by atoms with Gasteiger partial charge in [0.05, 0.1) is 5.52 Å². The van der Waals surface area contributed by atoms with Crippen molar-refractivity contribution in [3.63, 3.8) is 0 Å². The van der Waals surface area contributed by atoms with Crippen LogP contribution in [-0.2, 0) is 6.54 Å². The molecule has 0 amide bonds. The average molecular weight is 233 g/mol. The Morgan fingerprint density at radius 2 is 2.25 bits per heavy atom. The van der Waals surface area contributed by atoms with Crippen LogP contribution in [0.1, 0.15) is 29.7 Å². The summed E-state index contributed by atoms with van der Waals surface area (Å²) >= 11 is 6.12. The maximum absolute atomic E-state index is 6.12. The second-order valence-corrected chi connectivity index (χ2v) is 4.83. The van der Waals surface area contributed by atoms with Crippen molar-refractivity contribution in [1.29, 1.82) is 0 Å². The molecule has 0 aliphatic carbocycles. The summed E-state index contributed by atoms with van der Waals surface area (Å²) in [6.07, 6.45) is 1.96. The Morgan fingerprint density at radius 3 is 3.06 bits per heavy atom. The van der Waals surface area contributed by atoms with Gasteiger partial charge in [-0.1, -0.05) is 11.6 Å². The summed E-state index contributed by atoms with van der Waals surface area (Å²) in [5.41, 5.74) is 4.79. The topological polar surface area (TPSA) is 24.9 Å². The zero-order valence-electron chi connectivity index (χ0n) is 9.34. The molecular formula is C13H13ClN2. The van der Waals surface area contributed by atoms with Crippen LogP contribution in [-0.4, -0.2) is 4.98 Å². The van der Waals surface area contributed by atoms with Gasteiger partial charge in [0.25, 0.3) is 0 Å². The molecule has 0 bridgehead atoms. The lowest BCUT2D eigenvalue weighted by atomic mass is 10.0. The Labute approximate surface area is 99.6 Å². The lowest BCUT2D eigenvalue weighted by molar-refractivity contribution is 0.636. The van der Waals surface area contributed by atoms with Crippen molar-refractivity contribution in [2.75, 3.05) is 0 Å². The molecule has 0 fully saturated rings. The van der Waals surface area contributed by atoms with Gasteiger partial charge in [-0.05, 0) is 42.7 Å². The number of benzene rings is 1. The number of hydrogen-bond donors (Lipinski definition) is 1. The predicted octanol–water partition coefficient (Wildman–Crippen LogP) is 3.36. The second kappa shape index (κ2) is 3.44. The molecule has 16 heavy (non-hydrogen) atoms. The van der Waals surface area contributed by atoms with Crippen LogP contribution >= 0.6 is 11.6 Å². The molecular weight excluding hydrogens is 220 g/mol. The highest BCUT2D eigenvalue weighted by atomic mass is 35.5. The lowest BCUT2D eigenvalue weighted by Gasteiger charge is -2.10. The summed E-state index contributed by atoms with van der Waals surface area (Å²) in [6.45, 7) is 5.14. The van der Waals surface area contributed by atoms with Gasteiger partial charge in [-0.15, -0.1) is 0 Å². The summed E-state index contributed by atoms with van der Waals surface area (Å²) in [7, 11) is 0. The number of nitrogens with one attached hydrogen (secondary N) is 1. The van der Waals surface area contributed by atoms with Gasteiger partial charge in [0, 0.05) is 29.2 Å². The number of fused-ring (bicyclic) bond motifs is 3. The lowest BCUT2D eigenvalue weighted by Crippen LogP contribution is -2.07. The number of nitrogens with zero attached hydrogens (tertiary/aromatic N) is 1. The summed E-state index contributed by atoms with van der Waals surface area (Å²) in [4.78, 5) is 4.46. The summed E-state index contributed by atoms with van der Waals surface area (Å²) in [5, 5.41) is 5.46. The van der Waals surface area contributed by atoms with Crippen LogP contribution in [0.25, 0.3) is 10.9 Å². The fraction of sp³-hybridized carbons (Fsp3) is 0.308. The SMILES string of the molecule is Cc1cc2c3c(cnc2cc1Cl)CN[C@H]3C. The minimum atomic E-state index is 0.404. The van der Waals surface area contributed by atoms with E-state index in [1.807, 2.05) is 19.2 Å². The standard InChI is InChI=1S/C13H13ClN2/c1-7-3-10-12(4-11(7)14)16-6-9-5-15-8(2)13(9)10/h3-4,6,8,15H,5H2,1-2H3/t8-/m0/s1. The first kappa shape index (κ1) is 10.1. The Kier molecular flexibility index (Phi) is 2.16. The van der Waals surface area contributed by atoms with Gasteiger partial charge < -0.3 is 5.32 Å². The Morgan fingerprint density at radius 1 is 1.44 bits per heavy atom. The molecule has 1 aromatic carbocycles. The van der Waals surface area contributed by atoms with E-state index < -0.39 is 0 Å². The van der Waals surface area contributed by atoms with Crippen molar-refractivity contribution in [2.45, 2.75) is 26.4 Å². The van der Waals surface area contributed by atoms with Gasteiger partial charge >= 0.3 is 0 Å². The van der Waals surface area contributed by atoms with Gasteiger partial charge in [-0.3, -0.25) is 4.98 Å². The number of hydrogen-bond acceptors (Lipinski definition) is 2. The maximum atomic E-state index is 6.12. The summed E-state index contributed by atoms with van der Waals surface area (Å²) in [5.74, 6) is 0. The second-order valence-electron chi connectivity index (χ2n) is 4.42. The van der Waals surface area contributed by atoms with Crippen LogP contribution in [0.4, 0.5) is 0 Å². The number of pyridine rings is 1. The molecule has 0 spiro atoms. The Bertz CT molecular complexity index is 578. The molecule has 82 valence electrons. The normalized spacial score (nSPS) is 19.1. The molecule has 1 aromatic heterocycles. The monoisotopic (exact) mass is 232 g/mol. The summed E-state index contributed by atoms with van der Waals surface area (Å²) < 4.78 is 0. The van der Waals surface area contributed by atoms with E-state index in [1.165, 1.54) is 16.5 Å². The van der Waals surface area contributed by atoms with Gasteiger partial charge in [-0.2, -0.15) is 0 Å². The predicted molar refractivity (Wildman–Crippen MR) is 66.7 cm³/mol. The van der Waals surface area contributed by atoms with Crippen molar-refractivity contribution in [1.82, 2.24) is 10.3 Å². The molecule has 0 saturated heterocycles. The molecule has 1 aliphatic rings. The van der Waals surface area contributed by atoms with E-state index in [9.17, 15) is 0 Å². The fourth-order valence-electron chi connectivity index (χ4n) is 2.40. The third kappa shape index (κ3) is 1.34. The Hall–Kier alpha value is -1.12. The van der Waals surface area contributed by atoms with Crippen LogP contribution in [0.15, 0.2) is 18.3 Å². The van der Waals surface area contributed by atoms with Crippen LogP contribution in [0.3, 0.4) is 0 Å². The molecule has 2 heterocycles. The highest BCUT2D eigenvalue weighted by Crippen LogP contribution is 2.33. The number of halogens is 1. The van der Waals surface area contributed by atoms with E-state index in [4.69, 9.17) is 11.6 Å². The molecule has 3 heteroatoms. The molecule has 1 aliphatic heterocycles. The van der Waals surface area contributed by atoms with E-state index in [-0.39, 0.29) is 0 Å². The Balaban J connectivity index is 2.40. The maximum Gasteiger partial charge on any atom is 0.0720 e. The minimum absolute atomic E-state index is 0.404. The number of aromatic nitrogens is 1. The zero-order chi connectivity index (χ0) is 11.3. The first-order chi connectivity index (χ1) is 7.66. The van der Waals surface area contributed by atoms with Gasteiger partial charge in [-0.25, -0.2) is 0 Å². The fourth-order valence-corrected chi connectivity index (χ4v) is 2.56.